The Balaban J connectivity index is 2.12. The summed E-state index contributed by atoms with van der Waals surface area (Å²) in [5, 5.41) is 23.4. The molecule has 0 unspecified atom stereocenters. The van der Waals surface area contributed by atoms with Gasteiger partial charge in [0.2, 0.25) is 5.91 Å². The minimum absolute atomic E-state index is 0.00447. The lowest BCUT2D eigenvalue weighted by Crippen LogP contribution is -2.36. The maximum absolute atomic E-state index is 12.0. The van der Waals surface area contributed by atoms with Gasteiger partial charge in [-0.25, -0.2) is 0 Å². The monoisotopic (exact) mass is 305 g/mol. The first-order valence-corrected chi connectivity index (χ1v) is 6.94. The molecule has 0 fully saturated rings. The molecule has 2 rings (SSSR count). The molecule has 0 spiro atoms. The number of hydrogen-bond acceptors (Lipinski definition) is 4. The molecule has 7 heteroatoms. The third-order valence-corrected chi connectivity index (χ3v) is 3.50. The maximum atomic E-state index is 12.0. The van der Waals surface area contributed by atoms with Gasteiger partial charge in [0, 0.05) is 47.8 Å². The fraction of sp³-hybridized carbons (Fsp3) is 0.400. The van der Waals surface area contributed by atoms with E-state index in [1.165, 1.54) is 12.1 Å². The fourth-order valence-corrected chi connectivity index (χ4v) is 2.06. The standard InChI is InChI=1S/C15H19N3O4/c1-15(2,9-19)8-17-14(20)5-10-7-16-13-4-3-11(18(21)22)6-12(10)13/h3-4,6-7,16,19H,5,8-9H2,1-2H3,(H,17,20). The summed E-state index contributed by atoms with van der Waals surface area (Å²) in [6.45, 7) is 4.04. The van der Waals surface area contributed by atoms with Gasteiger partial charge in [0.05, 0.1) is 11.3 Å². The predicted molar refractivity (Wildman–Crippen MR) is 82.5 cm³/mol. The topological polar surface area (TPSA) is 108 Å². The van der Waals surface area contributed by atoms with Crippen LogP contribution in [0.25, 0.3) is 10.9 Å². The molecule has 0 saturated carbocycles. The first-order chi connectivity index (χ1) is 10.3. The number of nitro benzene ring substituents is 1. The van der Waals surface area contributed by atoms with Gasteiger partial charge >= 0.3 is 0 Å². The van der Waals surface area contributed by atoms with Gasteiger partial charge in [-0.2, -0.15) is 0 Å². The zero-order valence-electron chi connectivity index (χ0n) is 12.5. The summed E-state index contributed by atoms with van der Waals surface area (Å²) in [5.74, 6) is -0.186. The Morgan fingerprint density at radius 3 is 2.82 bits per heavy atom. The Morgan fingerprint density at radius 2 is 2.18 bits per heavy atom. The summed E-state index contributed by atoms with van der Waals surface area (Å²) in [4.78, 5) is 25.4. The SMILES string of the molecule is CC(C)(CO)CNC(=O)Cc1c[nH]c2ccc([N+](=O)[O-])cc12. The molecule has 1 aromatic heterocycles. The second-order valence-electron chi connectivity index (χ2n) is 6.08. The van der Waals surface area contributed by atoms with Crippen LogP contribution in [0.3, 0.4) is 0 Å². The lowest BCUT2D eigenvalue weighted by Gasteiger charge is -2.21. The van der Waals surface area contributed by atoms with Crippen molar-refractivity contribution in [1.29, 1.82) is 0 Å². The van der Waals surface area contributed by atoms with Crippen LogP contribution in [-0.4, -0.2) is 34.1 Å². The molecule has 1 aromatic carbocycles. The number of rotatable bonds is 6. The number of carbonyl (C=O) groups is 1. The number of nitro groups is 1. The van der Waals surface area contributed by atoms with Crippen LogP contribution in [0.2, 0.25) is 0 Å². The normalized spacial score (nSPS) is 11.6. The van der Waals surface area contributed by atoms with Crippen LogP contribution in [0.1, 0.15) is 19.4 Å². The van der Waals surface area contributed by atoms with E-state index in [-0.39, 0.29) is 30.0 Å². The number of amides is 1. The summed E-state index contributed by atoms with van der Waals surface area (Å²) >= 11 is 0. The Kier molecular flexibility index (Phi) is 4.46. The highest BCUT2D eigenvalue weighted by atomic mass is 16.6. The zero-order chi connectivity index (χ0) is 16.3. The highest BCUT2D eigenvalue weighted by Crippen LogP contribution is 2.24. The van der Waals surface area contributed by atoms with Crippen molar-refractivity contribution in [3.8, 4) is 0 Å². The summed E-state index contributed by atoms with van der Waals surface area (Å²) in [6, 6.07) is 4.52. The van der Waals surface area contributed by atoms with Crippen molar-refractivity contribution in [2.24, 2.45) is 5.41 Å². The molecule has 0 atom stereocenters. The first-order valence-electron chi connectivity index (χ1n) is 6.94. The van der Waals surface area contributed by atoms with Gasteiger partial charge in [0.25, 0.3) is 5.69 Å². The van der Waals surface area contributed by atoms with Crippen molar-refractivity contribution >= 4 is 22.5 Å². The molecular weight excluding hydrogens is 286 g/mol. The smallest absolute Gasteiger partial charge is 0.270 e. The molecule has 0 saturated heterocycles. The maximum Gasteiger partial charge on any atom is 0.270 e. The number of benzene rings is 1. The van der Waals surface area contributed by atoms with E-state index in [1.807, 2.05) is 13.8 Å². The number of fused-ring (bicyclic) bond motifs is 1. The molecule has 1 heterocycles. The number of H-pyrrole nitrogens is 1. The molecule has 22 heavy (non-hydrogen) atoms. The fourth-order valence-electron chi connectivity index (χ4n) is 2.06. The summed E-state index contributed by atoms with van der Waals surface area (Å²) in [6.07, 6.45) is 1.81. The van der Waals surface area contributed by atoms with Crippen molar-refractivity contribution < 1.29 is 14.8 Å². The van der Waals surface area contributed by atoms with Gasteiger partial charge in [-0.05, 0) is 11.6 Å². The Hall–Kier alpha value is -2.41. The van der Waals surface area contributed by atoms with Gasteiger partial charge in [0.1, 0.15) is 0 Å². The number of carbonyl (C=O) groups excluding carboxylic acids is 1. The van der Waals surface area contributed by atoms with E-state index in [0.717, 1.165) is 5.52 Å². The predicted octanol–water partition coefficient (Wildman–Crippen LogP) is 1.75. The molecule has 0 radical (unpaired) electrons. The number of aliphatic hydroxyl groups excluding tert-OH is 1. The molecule has 7 nitrogen and oxygen atoms in total. The van der Waals surface area contributed by atoms with Crippen molar-refractivity contribution in [1.82, 2.24) is 10.3 Å². The number of nitrogens with zero attached hydrogens (tertiary/aromatic N) is 1. The Bertz CT molecular complexity index is 706. The first kappa shape index (κ1) is 16.0. The molecule has 0 aliphatic heterocycles. The molecule has 118 valence electrons. The Morgan fingerprint density at radius 1 is 1.45 bits per heavy atom. The summed E-state index contributed by atoms with van der Waals surface area (Å²) < 4.78 is 0. The minimum atomic E-state index is -0.458. The van der Waals surface area contributed by atoms with Crippen LogP contribution in [0.5, 0.6) is 0 Å². The molecular formula is C15H19N3O4. The highest BCUT2D eigenvalue weighted by Gasteiger charge is 2.18. The van der Waals surface area contributed by atoms with Gasteiger partial charge in [-0.15, -0.1) is 0 Å². The third kappa shape index (κ3) is 3.62. The van der Waals surface area contributed by atoms with Gasteiger partial charge in [-0.1, -0.05) is 13.8 Å². The van der Waals surface area contributed by atoms with E-state index in [2.05, 4.69) is 10.3 Å². The van der Waals surface area contributed by atoms with Crippen molar-refractivity contribution in [3.63, 3.8) is 0 Å². The molecule has 2 aromatic rings. The van der Waals surface area contributed by atoms with E-state index in [4.69, 9.17) is 5.11 Å². The number of aromatic amines is 1. The minimum Gasteiger partial charge on any atom is -0.396 e. The zero-order valence-corrected chi connectivity index (χ0v) is 12.5. The molecule has 1 amide bonds. The van der Waals surface area contributed by atoms with E-state index in [0.29, 0.717) is 17.5 Å². The van der Waals surface area contributed by atoms with Gasteiger partial charge < -0.3 is 15.4 Å². The average Bonchev–Trinajstić information content (AvgIpc) is 2.87. The molecule has 0 bridgehead atoms. The lowest BCUT2D eigenvalue weighted by molar-refractivity contribution is -0.384. The van der Waals surface area contributed by atoms with Crippen molar-refractivity contribution in [3.05, 3.63) is 40.1 Å². The molecule has 0 aliphatic carbocycles. The van der Waals surface area contributed by atoms with E-state index < -0.39 is 4.92 Å². The van der Waals surface area contributed by atoms with E-state index >= 15 is 0 Å². The molecule has 3 N–H and O–H groups in total. The molecule has 0 aliphatic rings. The number of non-ortho nitro benzene ring substituents is 1. The second kappa shape index (κ2) is 6.15. The average molecular weight is 305 g/mol. The summed E-state index contributed by atoms with van der Waals surface area (Å²) in [5.41, 5.74) is 1.08. The van der Waals surface area contributed by atoms with Crippen LogP contribution in [0, 0.1) is 15.5 Å². The van der Waals surface area contributed by atoms with Crippen LogP contribution in [0.4, 0.5) is 5.69 Å². The lowest BCUT2D eigenvalue weighted by atomic mass is 9.95. The summed E-state index contributed by atoms with van der Waals surface area (Å²) in [7, 11) is 0. The third-order valence-electron chi connectivity index (χ3n) is 3.50. The second-order valence-corrected chi connectivity index (χ2v) is 6.08. The van der Waals surface area contributed by atoms with E-state index in [1.54, 1.807) is 12.3 Å². The number of hydrogen-bond donors (Lipinski definition) is 3. The number of nitrogens with one attached hydrogen (secondary N) is 2. The van der Waals surface area contributed by atoms with E-state index in [9.17, 15) is 14.9 Å². The highest BCUT2D eigenvalue weighted by molar-refractivity contribution is 5.90. The number of aliphatic hydroxyl groups is 1. The van der Waals surface area contributed by atoms with Crippen LogP contribution in [0.15, 0.2) is 24.4 Å². The van der Waals surface area contributed by atoms with Gasteiger partial charge in [0.15, 0.2) is 0 Å². The Labute approximate surface area is 127 Å². The largest absolute Gasteiger partial charge is 0.396 e. The van der Waals surface area contributed by atoms with Crippen molar-refractivity contribution in [2.45, 2.75) is 20.3 Å². The van der Waals surface area contributed by atoms with Crippen LogP contribution in [-0.2, 0) is 11.2 Å². The van der Waals surface area contributed by atoms with Gasteiger partial charge in [-0.3, -0.25) is 14.9 Å². The van der Waals surface area contributed by atoms with Crippen LogP contribution >= 0.6 is 0 Å². The number of aromatic nitrogens is 1. The quantitative estimate of drug-likeness (QED) is 0.558. The van der Waals surface area contributed by atoms with Crippen LogP contribution < -0.4 is 5.32 Å². The van der Waals surface area contributed by atoms with Crippen molar-refractivity contribution in [2.75, 3.05) is 13.2 Å².